The lowest BCUT2D eigenvalue weighted by molar-refractivity contribution is 0.112. The van der Waals surface area contributed by atoms with Gasteiger partial charge in [0.15, 0.2) is 0 Å². The van der Waals surface area contributed by atoms with Crippen molar-refractivity contribution in [3.8, 4) is 44.5 Å². The average molecular weight is 411 g/mol. The normalized spacial score (nSPS) is 10.6. The van der Waals surface area contributed by atoms with Crippen LogP contribution >= 0.6 is 0 Å². The third-order valence-electron chi connectivity index (χ3n) is 5.78. The van der Waals surface area contributed by atoms with Crippen LogP contribution in [0.4, 0.5) is 0 Å². The van der Waals surface area contributed by atoms with E-state index in [2.05, 4.69) is 103 Å². The minimum absolute atomic E-state index is 0.670. The molecule has 152 valence electrons. The van der Waals surface area contributed by atoms with Gasteiger partial charge in [0.05, 0.1) is 0 Å². The molecule has 0 aliphatic carbocycles. The number of benzene rings is 5. The van der Waals surface area contributed by atoms with Crippen LogP contribution in [-0.4, -0.2) is 6.29 Å². The minimum atomic E-state index is 0.670. The Balaban J connectivity index is 1.78. The molecule has 1 nitrogen and oxygen atoms in total. The molecule has 5 aromatic rings. The molecule has 0 amide bonds. The number of hydrogen-bond donors (Lipinski definition) is 0. The Bertz CT molecular complexity index is 1370. The molecule has 0 aliphatic heterocycles. The molecule has 0 bridgehead atoms. The molecular weight excluding hydrogens is 388 g/mol. The van der Waals surface area contributed by atoms with E-state index in [-0.39, 0.29) is 0 Å². The molecule has 0 saturated carbocycles. The van der Waals surface area contributed by atoms with Crippen LogP contribution in [0.2, 0.25) is 0 Å². The monoisotopic (exact) mass is 410 g/mol. The highest BCUT2D eigenvalue weighted by Crippen LogP contribution is 2.41. The topological polar surface area (TPSA) is 17.1 Å². The number of rotatable bonds is 5. The zero-order valence-corrected chi connectivity index (χ0v) is 17.6. The van der Waals surface area contributed by atoms with Gasteiger partial charge in [0.25, 0.3) is 0 Å². The van der Waals surface area contributed by atoms with Crippen molar-refractivity contribution in [3.05, 3.63) is 133 Å². The summed E-state index contributed by atoms with van der Waals surface area (Å²) >= 11 is 0. The maximum absolute atomic E-state index is 11.7. The smallest absolute Gasteiger partial charge is 0.150 e. The second-order valence-corrected chi connectivity index (χ2v) is 7.75. The molecule has 0 heterocycles. The van der Waals surface area contributed by atoms with Crippen LogP contribution in [0.5, 0.6) is 0 Å². The van der Waals surface area contributed by atoms with Crippen LogP contribution in [0.1, 0.15) is 10.4 Å². The van der Waals surface area contributed by atoms with Crippen LogP contribution in [0.25, 0.3) is 44.5 Å². The molecule has 0 saturated heterocycles. The summed E-state index contributed by atoms with van der Waals surface area (Å²) in [5.74, 6) is 0. The first-order valence-electron chi connectivity index (χ1n) is 10.7. The van der Waals surface area contributed by atoms with Crippen molar-refractivity contribution in [1.29, 1.82) is 0 Å². The van der Waals surface area contributed by atoms with E-state index in [1.165, 1.54) is 11.1 Å². The predicted octanol–water partition coefficient (Wildman–Crippen LogP) is 8.17. The maximum Gasteiger partial charge on any atom is 0.150 e. The highest BCUT2D eigenvalue weighted by atomic mass is 16.1. The first-order valence-corrected chi connectivity index (χ1v) is 10.7. The summed E-state index contributed by atoms with van der Waals surface area (Å²) < 4.78 is 0. The molecule has 0 fully saturated rings. The number of carbonyl (C=O) groups is 1. The van der Waals surface area contributed by atoms with Crippen molar-refractivity contribution in [3.63, 3.8) is 0 Å². The summed E-state index contributed by atoms with van der Waals surface area (Å²) in [6.07, 6.45) is 0.918. The number of aldehydes is 1. The second kappa shape index (κ2) is 8.87. The molecule has 0 spiro atoms. The van der Waals surface area contributed by atoms with Gasteiger partial charge in [-0.05, 0) is 50.6 Å². The summed E-state index contributed by atoms with van der Waals surface area (Å²) in [5, 5.41) is 0. The number of carbonyl (C=O) groups excluding carboxylic acids is 1. The summed E-state index contributed by atoms with van der Waals surface area (Å²) in [6.45, 7) is 0. The van der Waals surface area contributed by atoms with Gasteiger partial charge < -0.3 is 0 Å². The van der Waals surface area contributed by atoms with E-state index in [0.29, 0.717) is 5.56 Å². The van der Waals surface area contributed by atoms with E-state index < -0.39 is 0 Å². The van der Waals surface area contributed by atoms with Crippen LogP contribution in [0.3, 0.4) is 0 Å². The Morgan fingerprint density at radius 3 is 1.28 bits per heavy atom. The van der Waals surface area contributed by atoms with Crippen molar-refractivity contribution >= 4 is 6.29 Å². The van der Waals surface area contributed by atoms with Gasteiger partial charge in [-0.2, -0.15) is 0 Å². The third kappa shape index (κ3) is 3.77. The van der Waals surface area contributed by atoms with Crippen LogP contribution in [0.15, 0.2) is 127 Å². The molecule has 0 radical (unpaired) electrons. The van der Waals surface area contributed by atoms with Gasteiger partial charge >= 0.3 is 0 Å². The molecule has 5 rings (SSSR count). The zero-order chi connectivity index (χ0) is 21.8. The molecule has 0 N–H and O–H groups in total. The summed E-state index contributed by atoms with van der Waals surface area (Å²) in [7, 11) is 0. The van der Waals surface area contributed by atoms with Gasteiger partial charge in [0.1, 0.15) is 6.29 Å². The van der Waals surface area contributed by atoms with Crippen molar-refractivity contribution in [2.24, 2.45) is 0 Å². The molecule has 1 heteroatoms. The van der Waals surface area contributed by atoms with Gasteiger partial charge in [-0.1, -0.05) is 121 Å². The summed E-state index contributed by atoms with van der Waals surface area (Å²) in [6, 6.07) is 43.7. The summed E-state index contributed by atoms with van der Waals surface area (Å²) in [4.78, 5) is 11.7. The predicted molar refractivity (Wildman–Crippen MR) is 134 cm³/mol. The lowest BCUT2D eigenvalue weighted by Crippen LogP contribution is -1.93. The molecule has 0 aliphatic rings. The van der Waals surface area contributed by atoms with Gasteiger partial charge in [0.2, 0.25) is 0 Å². The van der Waals surface area contributed by atoms with E-state index in [9.17, 15) is 4.79 Å². The lowest BCUT2D eigenvalue weighted by Gasteiger charge is -2.18. The standard InChI is InChI=1S/C31H22O/c32-22-23-19-20-30(28-17-9-7-15-26(28)24-11-3-1-4-12-24)31(21-23)29-18-10-8-16-27(29)25-13-5-2-6-14-25/h1-22H. The molecule has 32 heavy (non-hydrogen) atoms. The summed E-state index contributed by atoms with van der Waals surface area (Å²) in [5.41, 5.74) is 9.74. The minimum Gasteiger partial charge on any atom is -0.298 e. The first kappa shape index (κ1) is 19.7. The van der Waals surface area contributed by atoms with Crippen molar-refractivity contribution in [2.45, 2.75) is 0 Å². The fourth-order valence-corrected chi connectivity index (χ4v) is 4.27. The SMILES string of the molecule is O=Cc1ccc(-c2ccccc2-c2ccccc2)c(-c2ccccc2-c2ccccc2)c1. The molecule has 0 atom stereocenters. The highest BCUT2D eigenvalue weighted by Gasteiger charge is 2.16. The van der Waals surface area contributed by atoms with E-state index >= 15 is 0 Å². The fraction of sp³-hybridized carbons (Fsp3) is 0. The third-order valence-corrected chi connectivity index (χ3v) is 5.78. The lowest BCUT2D eigenvalue weighted by atomic mass is 9.86. The Morgan fingerprint density at radius 2 is 0.781 bits per heavy atom. The van der Waals surface area contributed by atoms with Gasteiger partial charge in [-0.3, -0.25) is 4.79 Å². The Morgan fingerprint density at radius 1 is 0.375 bits per heavy atom. The molecule has 0 aromatic heterocycles. The van der Waals surface area contributed by atoms with Crippen molar-refractivity contribution < 1.29 is 4.79 Å². The van der Waals surface area contributed by atoms with Crippen LogP contribution in [-0.2, 0) is 0 Å². The van der Waals surface area contributed by atoms with Gasteiger partial charge in [-0.15, -0.1) is 0 Å². The average Bonchev–Trinajstić information content (AvgIpc) is 2.89. The molecule has 0 unspecified atom stereocenters. The largest absolute Gasteiger partial charge is 0.298 e. The van der Waals surface area contributed by atoms with E-state index in [1.54, 1.807) is 0 Å². The van der Waals surface area contributed by atoms with Gasteiger partial charge in [0, 0.05) is 5.56 Å². The first-order chi connectivity index (χ1) is 15.8. The Kier molecular flexibility index (Phi) is 5.47. The van der Waals surface area contributed by atoms with E-state index in [4.69, 9.17) is 0 Å². The van der Waals surface area contributed by atoms with Crippen molar-refractivity contribution in [2.75, 3.05) is 0 Å². The second-order valence-electron chi connectivity index (χ2n) is 7.75. The van der Waals surface area contributed by atoms with E-state index in [1.807, 2.05) is 24.3 Å². The maximum atomic E-state index is 11.7. The van der Waals surface area contributed by atoms with Crippen LogP contribution in [0, 0.1) is 0 Å². The Hall–Kier alpha value is -4.23. The Labute approximate surface area is 188 Å². The fourth-order valence-electron chi connectivity index (χ4n) is 4.27. The number of hydrogen-bond acceptors (Lipinski definition) is 1. The quantitative estimate of drug-likeness (QED) is 0.267. The molecule has 5 aromatic carbocycles. The van der Waals surface area contributed by atoms with E-state index in [0.717, 1.165) is 39.7 Å². The van der Waals surface area contributed by atoms with Crippen LogP contribution < -0.4 is 0 Å². The molecular formula is C31H22O. The van der Waals surface area contributed by atoms with Crippen molar-refractivity contribution in [1.82, 2.24) is 0 Å². The van der Waals surface area contributed by atoms with Gasteiger partial charge in [-0.25, -0.2) is 0 Å². The zero-order valence-electron chi connectivity index (χ0n) is 17.6. The highest BCUT2D eigenvalue weighted by molar-refractivity contribution is 5.97.